The van der Waals surface area contributed by atoms with Crippen LogP contribution in [0.15, 0.2) is 6.20 Å². The highest BCUT2D eigenvalue weighted by Crippen LogP contribution is 2.07. The van der Waals surface area contributed by atoms with Crippen molar-refractivity contribution in [3.63, 3.8) is 0 Å². The highest BCUT2D eigenvalue weighted by molar-refractivity contribution is 5.94. The van der Waals surface area contributed by atoms with Gasteiger partial charge in [-0.1, -0.05) is 26.2 Å². The quantitative estimate of drug-likeness (QED) is 0.741. The molecule has 0 unspecified atom stereocenters. The number of carbonyl (C=O) groups excluding carboxylic acids is 1. The van der Waals surface area contributed by atoms with E-state index in [0.29, 0.717) is 5.56 Å². The molecule has 0 saturated heterocycles. The van der Waals surface area contributed by atoms with E-state index in [9.17, 15) is 4.79 Å². The second-order valence-electron chi connectivity index (χ2n) is 4.28. The van der Waals surface area contributed by atoms with Gasteiger partial charge in [-0.2, -0.15) is 5.10 Å². The number of nitrogens with one attached hydrogen (secondary N) is 1. The van der Waals surface area contributed by atoms with Gasteiger partial charge in [0.15, 0.2) is 0 Å². The highest BCUT2D eigenvalue weighted by Gasteiger charge is 2.12. The summed E-state index contributed by atoms with van der Waals surface area (Å²) in [5.41, 5.74) is 1.64. The van der Waals surface area contributed by atoms with Crippen molar-refractivity contribution in [1.82, 2.24) is 15.1 Å². The maximum absolute atomic E-state index is 11.9. The van der Waals surface area contributed by atoms with Crippen LogP contribution in [-0.2, 0) is 6.54 Å². The van der Waals surface area contributed by atoms with Crippen molar-refractivity contribution in [2.45, 2.75) is 53.0 Å². The molecule has 0 radical (unpaired) electrons. The lowest BCUT2D eigenvalue weighted by atomic mass is 10.2. The summed E-state index contributed by atoms with van der Waals surface area (Å²) in [4.78, 5) is 11.9. The van der Waals surface area contributed by atoms with Crippen molar-refractivity contribution in [2.24, 2.45) is 0 Å². The van der Waals surface area contributed by atoms with Crippen molar-refractivity contribution in [3.8, 4) is 0 Å². The van der Waals surface area contributed by atoms with Gasteiger partial charge in [-0.05, 0) is 20.3 Å². The lowest BCUT2D eigenvalue weighted by Gasteiger charge is -2.05. The summed E-state index contributed by atoms with van der Waals surface area (Å²) < 4.78 is 1.84. The zero-order valence-corrected chi connectivity index (χ0v) is 11.1. The molecular formula is C13H23N3O. The van der Waals surface area contributed by atoms with E-state index in [2.05, 4.69) is 17.3 Å². The Labute approximate surface area is 103 Å². The molecule has 1 N–H and O–H groups in total. The Balaban J connectivity index is 2.39. The van der Waals surface area contributed by atoms with Gasteiger partial charge >= 0.3 is 0 Å². The van der Waals surface area contributed by atoms with Crippen LogP contribution in [0, 0.1) is 6.92 Å². The van der Waals surface area contributed by atoms with Gasteiger partial charge in [-0.25, -0.2) is 0 Å². The van der Waals surface area contributed by atoms with E-state index in [1.165, 1.54) is 19.3 Å². The minimum absolute atomic E-state index is 0.00121. The average Bonchev–Trinajstić information content (AvgIpc) is 2.70. The molecule has 0 bridgehead atoms. The van der Waals surface area contributed by atoms with Crippen molar-refractivity contribution in [2.75, 3.05) is 6.54 Å². The number of hydrogen-bond acceptors (Lipinski definition) is 2. The molecule has 0 aliphatic heterocycles. The standard InChI is InChI=1S/C13H23N3O/c1-4-6-7-8-9-14-13(17)12-10-15-16(5-2)11(12)3/h10H,4-9H2,1-3H3,(H,14,17). The summed E-state index contributed by atoms with van der Waals surface area (Å²) >= 11 is 0. The first-order valence-corrected chi connectivity index (χ1v) is 6.51. The molecule has 4 nitrogen and oxygen atoms in total. The minimum atomic E-state index is -0.00121. The molecular weight excluding hydrogens is 214 g/mol. The van der Waals surface area contributed by atoms with Crippen LogP contribution in [0.5, 0.6) is 0 Å². The molecule has 0 atom stereocenters. The zero-order valence-electron chi connectivity index (χ0n) is 11.1. The lowest BCUT2D eigenvalue weighted by molar-refractivity contribution is 0.0952. The highest BCUT2D eigenvalue weighted by atomic mass is 16.1. The molecule has 0 spiro atoms. The summed E-state index contributed by atoms with van der Waals surface area (Å²) in [6.45, 7) is 7.70. The van der Waals surface area contributed by atoms with Crippen LogP contribution >= 0.6 is 0 Å². The third-order valence-electron chi connectivity index (χ3n) is 2.96. The summed E-state index contributed by atoms with van der Waals surface area (Å²) in [6, 6.07) is 0. The van der Waals surface area contributed by atoms with Crippen LogP contribution in [0.3, 0.4) is 0 Å². The number of amides is 1. The fourth-order valence-electron chi connectivity index (χ4n) is 1.84. The van der Waals surface area contributed by atoms with Crippen molar-refractivity contribution >= 4 is 5.91 Å². The van der Waals surface area contributed by atoms with E-state index in [4.69, 9.17) is 0 Å². The number of aryl methyl sites for hydroxylation is 1. The van der Waals surface area contributed by atoms with Gasteiger partial charge in [0.2, 0.25) is 0 Å². The second kappa shape index (κ2) is 7.09. The van der Waals surface area contributed by atoms with Crippen LogP contribution < -0.4 is 5.32 Å². The van der Waals surface area contributed by atoms with Gasteiger partial charge in [0, 0.05) is 18.8 Å². The number of nitrogens with zero attached hydrogens (tertiary/aromatic N) is 2. The van der Waals surface area contributed by atoms with E-state index in [0.717, 1.165) is 25.2 Å². The molecule has 0 aromatic carbocycles. The lowest BCUT2D eigenvalue weighted by Crippen LogP contribution is -2.24. The van der Waals surface area contributed by atoms with E-state index in [1.54, 1.807) is 6.20 Å². The van der Waals surface area contributed by atoms with Gasteiger partial charge in [0.25, 0.3) is 5.91 Å². The molecule has 1 amide bonds. The first kappa shape index (κ1) is 13.7. The van der Waals surface area contributed by atoms with Crippen LogP contribution in [0.25, 0.3) is 0 Å². The number of hydrogen-bond donors (Lipinski definition) is 1. The predicted molar refractivity (Wildman–Crippen MR) is 69.1 cm³/mol. The van der Waals surface area contributed by atoms with E-state index in [-0.39, 0.29) is 5.91 Å². The Morgan fingerprint density at radius 1 is 1.35 bits per heavy atom. The zero-order chi connectivity index (χ0) is 12.7. The van der Waals surface area contributed by atoms with Crippen LogP contribution in [0.4, 0.5) is 0 Å². The molecule has 0 fully saturated rings. The van der Waals surface area contributed by atoms with E-state index in [1.807, 2.05) is 18.5 Å². The Bertz CT molecular complexity index is 358. The summed E-state index contributed by atoms with van der Waals surface area (Å²) in [6.07, 6.45) is 6.35. The molecule has 1 rings (SSSR count). The fourth-order valence-corrected chi connectivity index (χ4v) is 1.84. The molecule has 1 aromatic rings. The van der Waals surface area contributed by atoms with E-state index >= 15 is 0 Å². The Morgan fingerprint density at radius 2 is 2.12 bits per heavy atom. The van der Waals surface area contributed by atoms with Gasteiger partial charge < -0.3 is 5.32 Å². The summed E-state index contributed by atoms with van der Waals surface area (Å²) in [5, 5.41) is 7.11. The number of aromatic nitrogens is 2. The molecule has 0 aliphatic rings. The van der Waals surface area contributed by atoms with E-state index < -0.39 is 0 Å². The van der Waals surface area contributed by atoms with Crippen molar-refractivity contribution in [1.29, 1.82) is 0 Å². The first-order valence-electron chi connectivity index (χ1n) is 6.51. The van der Waals surface area contributed by atoms with Gasteiger partial charge in [-0.15, -0.1) is 0 Å². The Morgan fingerprint density at radius 3 is 2.71 bits per heavy atom. The van der Waals surface area contributed by atoms with Crippen LogP contribution in [0.2, 0.25) is 0 Å². The molecule has 96 valence electrons. The van der Waals surface area contributed by atoms with Crippen LogP contribution in [0.1, 0.15) is 55.6 Å². The third-order valence-corrected chi connectivity index (χ3v) is 2.96. The average molecular weight is 237 g/mol. The Hall–Kier alpha value is -1.32. The molecule has 0 aliphatic carbocycles. The maximum Gasteiger partial charge on any atom is 0.254 e. The van der Waals surface area contributed by atoms with Crippen molar-refractivity contribution in [3.05, 3.63) is 17.5 Å². The molecule has 1 heterocycles. The monoisotopic (exact) mass is 237 g/mol. The maximum atomic E-state index is 11.9. The smallest absolute Gasteiger partial charge is 0.254 e. The topological polar surface area (TPSA) is 46.9 Å². The normalized spacial score (nSPS) is 10.5. The Kier molecular flexibility index (Phi) is 5.73. The fraction of sp³-hybridized carbons (Fsp3) is 0.692. The summed E-state index contributed by atoms with van der Waals surface area (Å²) in [7, 11) is 0. The van der Waals surface area contributed by atoms with Gasteiger partial charge in [0.05, 0.1) is 11.8 Å². The third kappa shape index (κ3) is 3.88. The number of rotatable bonds is 7. The SMILES string of the molecule is CCCCCCNC(=O)c1cnn(CC)c1C. The molecule has 17 heavy (non-hydrogen) atoms. The molecule has 4 heteroatoms. The first-order chi connectivity index (χ1) is 8.20. The second-order valence-corrected chi connectivity index (χ2v) is 4.28. The minimum Gasteiger partial charge on any atom is -0.352 e. The number of carbonyl (C=O) groups is 1. The van der Waals surface area contributed by atoms with Crippen molar-refractivity contribution < 1.29 is 4.79 Å². The molecule has 0 saturated carbocycles. The number of unbranched alkanes of at least 4 members (excludes halogenated alkanes) is 3. The summed E-state index contributed by atoms with van der Waals surface area (Å²) in [5.74, 6) is -0.00121. The van der Waals surface area contributed by atoms with Gasteiger partial charge in [-0.3, -0.25) is 9.48 Å². The molecule has 1 aromatic heterocycles. The predicted octanol–water partition coefficient (Wildman–Crippen LogP) is 2.52. The van der Waals surface area contributed by atoms with Gasteiger partial charge in [0.1, 0.15) is 0 Å². The van der Waals surface area contributed by atoms with Crippen LogP contribution in [-0.4, -0.2) is 22.2 Å². The largest absolute Gasteiger partial charge is 0.352 e.